The summed E-state index contributed by atoms with van der Waals surface area (Å²) >= 11 is 11.9. The van der Waals surface area contributed by atoms with E-state index in [2.05, 4.69) is 10.3 Å². The maximum Gasteiger partial charge on any atom is 0.153 e. The first-order chi connectivity index (χ1) is 9.55. The van der Waals surface area contributed by atoms with Gasteiger partial charge in [-0.3, -0.25) is 0 Å². The Kier molecular flexibility index (Phi) is 4.42. The standard InChI is InChI=1S/C13H13Cl2N3O2/c1-19-11-5-12(20-2)10(4-8(11)15)18-13-9(16)3-7(14)6-17-13/h3-6H,16H2,1-2H3,(H,17,18). The van der Waals surface area contributed by atoms with Gasteiger partial charge in [-0.25, -0.2) is 4.98 Å². The van der Waals surface area contributed by atoms with Crippen molar-refractivity contribution in [2.45, 2.75) is 0 Å². The summed E-state index contributed by atoms with van der Waals surface area (Å²) in [5, 5.41) is 3.96. The Morgan fingerprint density at radius 3 is 2.40 bits per heavy atom. The quantitative estimate of drug-likeness (QED) is 0.900. The summed E-state index contributed by atoms with van der Waals surface area (Å²) in [4.78, 5) is 4.12. The van der Waals surface area contributed by atoms with Crippen LogP contribution >= 0.6 is 23.2 Å². The lowest BCUT2D eigenvalue weighted by molar-refractivity contribution is 0.396. The highest BCUT2D eigenvalue weighted by Crippen LogP contribution is 2.37. The molecule has 0 bridgehead atoms. The Hall–Kier alpha value is -1.85. The van der Waals surface area contributed by atoms with Crippen molar-refractivity contribution in [2.75, 3.05) is 25.3 Å². The lowest BCUT2D eigenvalue weighted by Gasteiger charge is -2.14. The molecule has 0 fully saturated rings. The van der Waals surface area contributed by atoms with E-state index in [1.54, 1.807) is 25.3 Å². The summed E-state index contributed by atoms with van der Waals surface area (Å²) in [7, 11) is 3.08. The number of aromatic nitrogens is 1. The van der Waals surface area contributed by atoms with Gasteiger partial charge in [-0.1, -0.05) is 23.2 Å². The number of nitrogens with zero attached hydrogens (tertiary/aromatic N) is 1. The van der Waals surface area contributed by atoms with Gasteiger partial charge >= 0.3 is 0 Å². The molecule has 0 atom stereocenters. The van der Waals surface area contributed by atoms with Crippen molar-refractivity contribution >= 4 is 40.4 Å². The van der Waals surface area contributed by atoms with Crippen molar-refractivity contribution in [3.8, 4) is 11.5 Å². The van der Waals surface area contributed by atoms with Crippen LogP contribution in [0.3, 0.4) is 0 Å². The van der Waals surface area contributed by atoms with Crippen molar-refractivity contribution in [1.82, 2.24) is 4.98 Å². The average molecular weight is 314 g/mol. The summed E-state index contributed by atoms with van der Waals surface area (Å²) in [6, 6.07) is 4.96. The number of nitrogens with one attached hydrogen (secondary N) is 1. The number of methoxy groups -OCH3 is 2. The van der Waals surface area contributed by atoms with Crippen LogP contribution in [0, 0.1) is 0 Å². The highest BCUT2D eigenvalue weighted by atomic mass is 35.5. The van der Waals surface area contributed by atoms with Crippen LogP contribution < -0.4 is 20.5 Å². The van der Waals surface area contributed by atoms with Crippen molar-refractivity contribution in [1.29, 1.82) is 0 Å². The number of pyridine rings is 1. The largest absolute Gasteiger partial charge is 0.495 e. The van der Waals surface area contributed by atoms with Crippen LogP contribution in [0.25, 0.3) is 0 Å². The molecule has 1 heterocycles. The van der Waals surface area contributed by atoms with E-state index < -0.39 is 0 Å². The summed E-state index contributed by atoms with van der Waals surface area (Å²) in [6.07, 6.45) is 1.50. The second-order valence-corrected chi connectivity index (χ2v) is 4.75. The molecule has 3 N–H and O–H groups in total. The molecule has 0 aliphatic heterocycles. The molecule has 0 unspecified atom stereocenters. The second-order valence-electron chi connectivity index (χ2n) is 3.90. The van der Waals surface area contributed by atoms with Gasteiger partial charge in [0.25, 0.3) is 0 Å². The van der Waals surface area contributed by atoms with Crippen LogP contribution in [-0.4, -0.2) is 19.2 Å². The van der Waals surface area contributed by atoms with Gasteiger partial charge in [0, 0.05) is 12.3 Å². The monoisotopic (exact) mass is 313 g/mol. The van der Waals surface area contributed by atoms with Gasteiger partial charge in [0.2, 0.25) is 0 Å². The molecule has 2 aromatic rings. The lowest BCUT2D eigenvalue weighted by atomic mass is 10.2. The molecule has 0 spiro atoms. The third-order valence-corrected chi connectivity index (χ3v) is 3.11. The number of nitrogens with two attached hydrogens (primary N) is 1. The number of benzene rings is 1. The van der Waals surface area contributed by atoms with Crippen LogP contribution in [0.2, 0.25) is 10.0 Å². The minimum absolute atomic E-state index is 0.423. The van der Waals surface area contributed by atoms with E-state index in [4.69, 9.17) is 38.4 Å². The van der Waals surface area contributed by atoms with E-state index in [-0.39, 0.29) is 0 Å². The third-order valence-electron chi connectivity index (χ3n) is 2.61. The molecule has 0 saturated carbocycles. The summed E-state index contributed by atoms with van der Waals surface area (Å²) in [5.74, 6) is 1.54. The molecule has 7 heteroatoms. The number of hydrogen-bond acceptors (Lipinski definition) is 5. The highest BCUT2D eigenvalue weighted by molar-refractivity contribution is 6.32. The van der Waals surface area contributed by atoms with E-state index in [0.29, 0.717) is 38.7 Å². The summed E-state index contributed by atoms with van der Waals surface area (Å²) in [5.41, 5.74) is 6.89. The van der Waals surface area contributed by atoms with Crippen LogP contribution in [0.15, 0.2) is 24.4 Å². The minimum Gasteiger partial charge on any atom is -0.495 e. The van der Waals surface area contributed by atoms with Crippen LogP contribution in [0.5, 0.6) is 11.5 Å². The maximum atomic E-state index is 6.10. The molecule has 0 aliphatic carbocycles. The highest BCUT2D eigenvalue weighted by Gasteiger charge is 2.12. The molecular formula is C13H13Cl2N3O2. The zero-order valence-corrected chi connectivity index (χ0v) is 12.4. The Labute approximate surface area is 126 Å². The van der Waals surface area contributed by atoms with Gasteiger partial charge in [0.1, 0.15) is 11.5 Å². The van der Waals surface area contributed by atoms with E-state index in [1.165, 1.54) is 13.3 Å². The molecule has 1 aromatic carbocycles. The predicted octanol–water partition coefficient (Wildman–Crippen LogP) is 3.73. The first-order valence-electron chi connectivity index (χ1n) is 5.64. The van der Waals surface area contributed by atoms with E-state index >= 15 is 0 Å². The second kappa shape index (κ2) is 6.07. The van der Waals surface area contributed by atoms with Gasteiger partial charge in [0.15, 0.2) is 5.82 Å². The number of hydrogen-bond donors (Lipinski definition) is 2. The molecule has 2 rings (SSSR count). The first-order valence-corrected chi connectivity index (χ1v) is 6.40. The number of ether oxygens (including phenoxy) is 2. The van der Waals surface area contributed by atoms with Crippen molar-refractivity contribution in [2.24, 2.45) is 0 Å². The maximum absolute atomic E-state index is 6.10. The number of nitrogen functional groups attached to an aromatic ring is 1. The fraction of sp³-hybridized carbons (Fsp3) is 0.154. The van der Waals surface area contributed by atoms with E-state index in [1.807, 2.05) is 0 Å². The van der Waals surface area contributed by atoms with Gasteiger partial charge in [0.05, 0.1) is 35.6 Å². The molecule has 0 aliphatic rings. The van der Waals surface area contributed by atoms with Gasteiger partial charge in [-0.2, -0.15) is 0 Å². The van der Waals surface area contributed by atoms with Crippen molar-refractivity contribution in [3.63, 3.8) is 0 Å². The summed E-state index contributed by atoms with van der Waals surface area (Å²) < 4.78 is 10.4. The van der Waals surface area contributed by atoms with Crippen LogP contribution in [0.4, 0.5) is 17.2 Å². The Bertz CT molecular complexity index is 635. The van der Waals surface area contributed by atoms with Gasteiger partial charge < -0.3 is 20.5 Å². The van der Waals surface area contributed by atoms with E-state index in [9.17, 15) is 0 Å². The third kappa shape index (κ3) is 3.00. The topological polar surface area (TPSA) is 69.4 Å². The Morgan fingerprint density at radius 1 is 1.10 bits per heavy atom. The fourth-order valence-electron chi connectivity index (χ4n) is 1.64. The van der Waals surface area contributed by atoms with E-state index in [0.717, 1.165) is 0 Å². The molecular weight excluding hydrogens is 301 g/mol. The molecule has 0 radical (unpaired) electrons. The van der Waals surface area contributed by atoms with Crippen molar-refractivity contribution < 1.29 is 9.47 Å². The zero-order valence-electron chi connectivity index (χ0n) is 10.9. The fourth-order valence-corrected chi connectivity index (χ4v) is 2.05. The summed E-state index contributed by atoms with van der Waals surface area (Å²) in [6.45, 7) is 0. The van der Waals surface area contributed by atoms with Gasteiger partial charge in [-0.05, 0) is 12.1 Å². The Balaban J connectivity index is 2.40. The lowest BCUT2D eigenvalue weighted by Crippen LogP contribution is -2.01. The van der Waals surface area contributed by atoms with Crippen LogP contribution in [-0.2, 0) is 0 Å². The minimum atomic E-state index is 0.423. The van der Waals surface area contributed by atoms with Crippen LogP contribution in [0.1, 0.15) is 0 Å². The predicted molar refractivity (Wildman–Crippen MR) is 81.5 cm³/mol. The molecule has 20 heavy (non-hydrogen) atoms. The molecule has 1 aromatic heterocycles. The first kappa shape index (κ1) is 14.6. The number of halogens is 2. The van der Waals surface area contributed by atoms with Crippen molar-refractivity contribution in [3.05, 3.63) is 34.4 Å². The number of anilines is 3. The smallest absolute Gasteiger partial charge is 0.153 e. The SMILES string of the molecule is COc1cc(OC)c(Nc2ncc(Cl)cc2N)cc1Cl. The Morgan fingerprint density at radius 2 is 1.80 bits per heavy atom. The molecule has 106 valence electrons. The molecule has 0 saturated heterocycles. The number of rotatable bonds is 4. The zero-order chi connectivity index (χ0) is 14.7. The normalized spacial score (nSPS) is 10.2. The molecule has 0 amide bonds. The van der Waals surface area contributed by atoms with Gasteiger partial charge in [-0.15, -0.1) is 0 Å². The molecule has 5 nitrogen and oxygen atoms in total. The average Bonchev–Trinajstić information content (AvgIpc) is 2.42.